The lowest BCUT2D eigenvalue weighted by Crippen LogP contribution is -2.30. The lowest BCUT2D eigenvalue weighted by atomic mass is 10.2. The van der Waals surface area contributed by atoms with Gasteiger partial charge in [-0.15, -0.1) is 0 Å². The Labute approximate surface area is 132 Å². The second-order valence-electron chi connectivity index (χ2n) is 4.79. The molecular formula is C16H15N3O4. The van der Waals surface area contributed by atoms with E-state index >= 15 is 0 Å². The molecule has 0 fully saturated rings. The normalized spacial score (nSPS) is 10.5. The van der Waals surface area contributed by atoms with Crippen molar-refractivity contribution in [2.45, 2.75) is 6.54 Å². The monoisotopic (exact) mass is 313 g/mol. The Morgan fingerprint density at radius 2 is 2.09 bits per heavy atom. The average molecular weight is 313 g/mol. The van der Waals surface area contributed by atoms with E-state index in [1.54, 1.807) is 19.2 Å². The van der Waals surface area contributed by atoms with E-state index < -0.39 is 0 Å². The molecule has 0 saturated carbocycles. The Morgan fingerprint density at radius 3 is 2.65 bits per heavy atom. The van der Waals surface area contributed by atoms with Gasteiger partial charge in [0, 0.05) is 6.07 Å². The van der Waals surface area contributed by atoms with Crippen molar-refractivity contribution >= 4 is 17.7 Å². The second-order valence-corrected chi connectivity index (χ2v) is 4.79. The molecule has 1 amide bonds. The molecule has 7 nitrogen and oxygen atoms in total. The number of carbonyl (C=O) groups is 1. The zero-order chi connectivity index (χ0) is 16.2. The minimum atomic E-state index is -0.352. The first-order valence-electron chi connectivity index (χ1n) is 6.87. The van der Waals surface area contributed by atoms with Crippen LogP contribution in [0.3, 0.4) is 0 Å². The van der Waals surface area contributed by atoms with Crippen molar-refractivity contribution in [2.24, 2.45) is 0 Å². The predicted molar refractivity (Wildman–Crippen MR) is 83.1 cm³/mol. The standard InChI is InChI=1S/C16H15N3O4/c1-21-12-6-4-11(5-7-12)10-19(14-3-2-8-22-14)16(20)13-9-18-23-15(13)17/h2-9H,10,17H2,1H3. The number of anilines is 2. The van der Waals surface area contributed by atoms with Crippen LogP contribution in [-0.4, -0.2) is 18.2 Å². The summed E-state index contributed by atoms with van der Waals surface area (Å²) in [5.41, 5.74) is 6.74. The van der Waals surface area contributed by atoms with Gasteiger partial charge >= 0.3 is 0 Å². The smallest absolute Gasteiger partial charge is 0.268 e. The number of amides is 1. The van der Waals surface area contributed by atoms with E-state index in [4.69, 9.17) is 19.4 Å². The summed E-state index contributed by atoms with van der Waals surface area (Å²) < 4.78 is 15.3. The van der Waals surface area contributed by atoms with Gasteiger partial charge in [-0.3, -0.25) is 9.69 Å². The number of nitrogen functional groups attached to an aromatic ring is 1. The van der Waals surface area contributed by atoms with E-state index in [2.05, 4.69) is 5.16 Å². The van der Waals surface area contributed by atoms with Crippen LogP contribution in [0.25, 0.3) is 0 Å². The molecule has 0 spiro atoms. The fourth-order valence-electron chi connectivity index (χ4n) is 2.14. The van der Waals surface area contributed by atoms with Crippen LogP contribution in [0.2, 0.25) is 0 Å². The van der Waals surface area contributed by atoms with Gasteiger partial charge in [-0.1, -0.05) is 17.3 Å². The Hall–Kier alpha value is -3.22. The minimum absolute atomic E-state index is 0.0266. The van der Waals surface area contributed by atoms with Gasteiger partial charge in [0.1, 0.15) is 11.3 Å². The van der Waals surface area contributed by atoms with Gasteiger partial charge in [0.25, 0.3) is 5.91 Å². The molecule has 3 rings (SSSR count). The molecule has 0 aliphatic heterocycles. The summed E-state index contributed by atoms with van der Waals surface area (Å²) in [6.07, 6.45) is 2.79. The van der Waals surface area contributed by atoms with Crippen molar-refractivity contribution in [3.63, 3.8) is 0 Å². The number of carbonyl (C=O) groups excluding carboxylic acids is 1. The second kappa shape index (κ2) is 6.27. The number of ether oxygens (including phenoxy) is 1. The molecule has 2 N–H and O–H groups in total. The molecule has 118 valence electrons. The summed E-state index contributed by atoms with van der Waals surface area (Å²) in [7, 11) is 1.60. The molecule has 7 heteroatoms. The number of nitrogens with zero attached hydrogens (tertiary/aromatic N) is 2. The average Bonchev–Trinajstić information content (AvgIpc) is 3.24. The van der Waals surface area contributed by atoms with Crippen molar-refractivity contribution < 1.29 is 18.5 Å². The van der Waals surface area contributed by atoms with E-state index in [-0.39, 0.29) is 17.4 Å². The van der Waals surface area contributed by atoms with Crippen LogP contribution in [0, 0.1) is 0 Å². The van der Waals surface area contributed by atoms with Crippen molar-refractivity contribution in [1.29, 1.82) is 0 Å². The third-order valence-electron chi connectivity index (χ3n) is 3.35. The summed E-state index contributed by atoms with van der Waals surface area (Å²) in [5, 5.41) is 3.54. The maximum absolute atomic E-state index is 12.7. The van der Waals surface area contributed by atoms with Crippen LogP contribution < -0.4 is 15.4 Å². The van der Waals surface area contributed by atoms with Crippen molar-refractivity contribution in [3.05, 3.63) is 60.0 Å². The minimum Gasteiger partial charge on any atom is -0.497 e. The van der Waals surface area contributed by atoms with E-state index in [1.165, 1.54) is 17.4 Å². The van der Waals surface area contributed by atoms with Gasteiger partial charge in [0.15, 0.2) is 0 Å². The quantitative estimate of drug-likeness (QED) is 0.778. The zero-order valence-corrected chi connectivity index (χ0v) is 12.4. The Balaban J connectivity index is 1.90. The van der Waals surface area contributed by atoms with Crippen molar-refractivity contribution in [3.8, 4) is 5.75 Å². The SMILES string of the molecule is COc1ccc(CN(C(=O)c2cnoc2N)c2ccco2)cc1. The molecule has 2 heterocycles. The first kappa shape index (κ1) is 14.7. The first-order chi connectivity index (χ1) is 11.2. The van der Waals surface area contributed by atoms with Gasteiger partial charge in [-0.2, -0.15) is 0 Å². The van der Waals surface area contributed by atoms with Crippen LogP contribution in [-0.2, 0) is 6.54 Å². The number of rotatable bonds is 5. The highest BCUT2D eigenvalue weighted by molar-refractivity contribution is 6.07. The zero-order valence-electron chi connectivity index (χ0n) is 12.4. The fraction of sp³-hybridized carbons (Fsp3) is 0.125. The van der Waals surface area contributed by atoms with Crippen molar-refractivity contribution in [1.82, 2.24) is 5.16 Å². The van der Waals surface area contributed by atoms with Gasteiger partial charge in [-0.25, -0.2) is 0 Å². The number of hydrogen-bond donors (Lipinski definition) is 1. The molecule has 0 aliphatic rings. The number of aromatic nitrogens is 1. The summed E-state index contributed by atoms with van der Waals surface area (Å²) in [6.45, 7) is 0.307. The predicted octanol–water partition coefficient (Wildman–Crippen LogP) is 2.71. The van der Waals surface area contributed by atoms with Gasteiger partial charge in [0.2, 0.25) is 11.8 Å². The maximum atomic E-state index is 12.7. The first-order valence-corrected chi connectivity index (χ1v) is 6.87. The molecule has 0 saturated heterocycles. The number of benzene rings is 1. The van der Waals surface area contributed by atoms with Crippen LogP contribution in [0.4, 0.5) is 11.8 Å². The Bertz CT molecular complexity index is 778. The van der Waals surface area contributed by atoms with E-state index in [0.29, 0.717) is 12.4 Å². The molecule has 0 bridgehead atoms. The van der Waals surface area contributed by atoms with Gasteiger partial charge in [-0.05, 0) is 23.8 Å². The highest BCUT2D eigenvalue weighted by atomic mass is 16.5. The highest BCUT2D eigenvalue weighted by Crippen LogP contribution is 2.23. The summed E-state index contributed by atoms with van der Waals surface area (Å²) in [4.78, 5) is 14.2. The van der Waals surface area contributed by atoms with Gasteiger partial charge < -0.3 is 19.4 Å². The van der Waals surface area contributed by atoms with E-state index in [1.807, 2.05) is 24.3 Å². The van der Waals surface area contributed by atoms with E-state index in [9.17, 15) is 4.79 Å². The number of furan rings is 1. The van der Waals surface area contributed by atoms with E-state index in [0.717, 1.165) is 11.3 Å². The third kappa shape index (κ3) is 3.03. The maximum Gasteiger partial charge on any atom is 0.268 e. The molecule has 3 aromatic rings. The lowest BCUT2D eigenvalue weighted by Gasteiger charge is -2.19. The summed E-state index contributed by atoms with van der Waals surface area (Å²) in [5.74, 6) is 0.773. The molecule has 0 unspecified atom stereocenters. The van der Waals surface area contributed by atoms with Gasteiger partial charge in [0.05, 0.1) is 26.1 Å². The molecule has 2 aromatic heterocycles. The molecular weight excluding hydrogens is 298 g/mol. The summed E-state index contributed by atoms with van der Waals surface area (Å²) in [6, 6.07) is 10.8. The molecule has 0 aliphatic carbocycles. The topological polar surface area (TPSA) is 94.7 Å². The van der Waals surface area contributed by atoms with Crippen LogP contribution in [0.5, 0.6) is 5.75 Å². The molecule has 0 atom stereocenters. The lowest BCUT2D eigenvalue weighted by molar-refractivity contribution is 0.0981. The molecule has 23 heavy (non-hydrogen) atoms. The number of methoxy groups -OCH3 is 1. The largest absolute Gasteiger partial charge is 0.497 e. The Morgan fingerprint density at radius 1 is 1.30 bits per heavy atom. The molecule has 0 radical (unpaired) electrons. The Kier molecular flexibility index (Phi) is 4.01. The number of hydrogen-bond acceptors (Lipinski definition) is 6. The molecule has 1 aromatic carbocycles. The van der Waals surface area contributed by atoms with Crippen LogP contribution in [0.1, 0.15) is 15.9 Å². The van der Waals surface area contributed by atoms with Crippen LogP contribution >= 0.6 is 0 Å². The highest BCUT2D eigenvalue weighted by Gasteiger charge is 2.24. The number of nitrogens with two attached hydrogens (primary N) is 1. The fourth-order valence-corrected chi connectivity index (χ4v) is 2.14. The van der Waals surface area contributed by atoms with Crippen molar-refractivity contribution in [2.75, 3.05) is 17.7 Å². The van der Waals surface area contributed by atoms with Crippen LogP contribution in [0.15, 0.2) is 57.8 Å². The third-order valence-corrected chi connectivity index (χ3v) is 3.35. The summed E-state index contributed by atoms with van der Waals surface area (Å²) >= 11 is 0.